The van der Waals surface area contributed by atoms with Crippen LogP contribution in [0.1, 0.15) is 103 Å². The van der Waals surface area contributed by atoms with E-state index in [1.807, 2.05) is 0 Å². The first kappa shape index (κ1) is 77.4. The highest BCUT2D eigenvalue weighted by molar-refractivity contribution is 6.30. The topological polar surface area (TPSA) is 557 Å². The first-order valence-corrected chi connectivity index (χ1v) is 32.9. The molecule has 0 aliphatic carbocycles. The Balaban J connectivity index is 1.48. The second kappa shape index (κ2) is 37.8. The Morgan fingerprint density at radius 3 is 1.86 bits per heavy atom. The van der Waals surface area contributed by atoms with E-state index in [2.05, 4.69) is 78.8 Å². The van der Waals surface area contributed by atoms with Crippen LogP contribution >= 0.6 is 11.6 Å². The van der Waals surface area contributed by atoms with Crippen LogP contribution in [0.4, 0.5) is 0 Å². The number of halogens is 1. The third-order valence-electron chi connectivity index (χ3n) is 16.4. The van der Waals surface area contributed by atoms with Crippen molar-refractivity contribution in [2.45, 2.75) is 165 Å². The summed E-state index contributed by atoms with van der Waals surface area (Å²) in [7, 11) is 0. The number of nitrogens with one attached hydrogen (secondary N) is 13. The van der Waals surface area contributed by atoms with E-state index in [1.165, 1.54) is 17.0 Å². The number of benzene rings is 2. The predicted octanol–water partition coefficient (Wildman–Crippen LogP) is -5.44. The molecule has 35 nitrogen and oxygen atoms in total. The van der Waals surface area contributed by atoms with E-state index in [-0.39, 0.29) is 102 Å². The molecular formula is C63H90ClN21O14. The normalized spacial score (nSPS) is 24.4. The van der Waals surface area contributed by atoms with Crippen LogP contribution in [-0.2, 0) is 80.0 Å². The number of rotatable bonds is 16. The maximum atomic E-state index is 15.3. The van der Waals surface area contributed by atoms with E-state index < -0.39 is 182 Å². The van der Waals surface area contributed by atoms with Gasteiger partial charge in [-0.25, -0.2) is 0 Å². The Hall–Kier alpha value is -10.6. The van der Waals surface area contributed by atoms with Crippen molar-refractivity contribution in [1.82, 2.24) is 73.7 Å². The van der Waals surface area contributed by atoms with Gasteiger partial charge in [0.15, 0.2) is 11.9 Å². The van der Waals surface area contributed by atoms with E-state index in [9.17, 15) is 52.7 Å². The summed E-state index contributed by atoms with van der Waals surface area (Å²) in [5.41, 5.74) is 29.7. The fraction of sp³-hybridized carbons (Fsp3) is 0.524. The van der Waals surface area contributed by atoms with Crippen molar-refractivity contribution < 1.29 is 67.1 Å². The van der Waals surface area contributed by atoms with Gasteiger partial charge in [-0.3, -0.25) is 77.1 Å². The third-order valence-corrected chi connectivity index (χ3v) is 16.7. The van der Waals surface area contributed by atoms with Crippen LogP contribution in [0, 0.1) is 5.92 Å². The first-order valence-electron chi connectivity index (χ1n) is 32.6. The zero-order valence-electron chi connectivity index (χ0n) is 55.3. The highest BCUT2D eigenvalue weighted by atomic mass is 35.5. The first-order chi connectivity index (χ1) is 47.0. The van der Waals surface area contributed by atoms with E-state index in [1.54, 1.807) is 56.4 Å². The molecule has 538 valence electrons. The molecule has 0 unspecified atom stereocenters. The van der Waals surface area contributed by atoms with Crippen molar-refractivity contribution in [1.29, 1.82) is 0 Å². The number of para-hydroxylation sites is 1. The van der Waals surface area contributed by atoms with Crippen LogP contribution in [0.25, 0.3) is 10.9 Å². The van der Waals surface area contributed by atoms with Crippen molar-refractivity contribution in [3.8, 4) is 0 Å². The lowest BCUT2D eigenvalue weighted by atomic mass is 10.0. The third kappa shape index (κ3) is 24.8. The second-order valence-corrected chi connectivity index (χ2v) is 25.2. The van der Waals surface area contributed by atoms with Crippen LogP contribution in [0.3, 0.4) is 0 Å². The molecule has 36 heteroatoms. The van der Waals surface area contributed by atoms with Crippen LogP contribution in [0.5, 0.6) is 0 Å². The highest BCUT2D eigenvalue weighted by Gasteiger charge is 2.41. The number of aliphatic imine (C=N–C) groups is 2. The Labute approximate surface area is 575 Å². The van der Waals surface area contributed by atoms with Crippen molar-refractivity contribution >= 4 is 117 Å². The summed E-state index contributed by atoms with van der Waals surface area (Å²) in [4.78, 5) is 212. The molecule has 6 rings (SSSR count). The number of aromatic nitrogens is 1. The van der Waals surface area contributed by atoms with Crippen molar-refractivity contribution in [2.75, 3.05) is 39.3 Å². The summed E-state index contributed by atoms with van der Waals surface area (Å²) < 4.78 is 0. The number of H-pyrrole nitrogens is 1. The van der Waals surface area contributed by atoms with Gasteiger partial charge in [0.25, 0.3) is 0 Å². The molecule has 10 atom stereocenters. The SMILES string of the molecule is CC(=O)N[C@@H]1CCC(=O)NCC(=O)NCC[C@H]2NC(=O)[C@@H](CC(=O)NC[C@H](C(N)=O)NC(=O)[C@H]3CCCN3C(=O)[C@H](CCCN=C(N)N)NC(=O)[C@@H](CC(C)C)NC(=O)[C@@H](CCCN=C(N)N)NC2=O)NC(=O)[C@@H](Cc2c[nH]c3ccccc23)NC(=O)[C@H](Cc2ccc(Cl)cc2)NC1=O. The van der Waals surface area contributed by atoms with E-state index in [0.717, 1.165) is 6.92 Å². The second-order valence-electron chi connectivity index (χ2n) is 24.7. The fourth-order valence-electron chi connectivity index (χ4n) is 11.4. The standard InChI is InChI=1S/C63H90ClN21O14/c1-32(2)25-43-56(94)79-42(12-7-22-72-63(68)69)61(99)85-24-8-13-48(85)60(98)84-47(52(65)90)30-74-50(88)28-46-59(97)78-41(55(93)77-39(53(91)80-43)11-6-21-71-62(66)67)20-23-70-51(89)31-75-49(87)19-18-40(76-33(3)86)54(92)81-44(26-34-14-16-36(64)17-15-34)57(95)82-45(58(96)83-46)27-35-29-73-38-10-5-4-9-37(35)38/h4-5,9-10,14-17,29,32,39-48,73H,6-8,11-13,18-28,30-31H2,1-3H3,(H2,65,90)(H,70,89)(H,74,88)(H,75,87)(H,76,86)(H,77,93)(H,78,97)(H,79,94)(H,80,91)(H,81,92)(H,82,95)(H,83,96)(H,84,98)(H4,66,67,71)(H4,68,69,72)/t39-,40-,41-,42+,43-,44+,45-,46-,47-,48-/m1/s1. The van der Waals surface area contributed by atoms with Gasteiger partial charge in [-0.15, -0.1) is 0 Å². The monoisotopic (exact) mass is 1400 g/mol. The molecule has 3 aliphatic rings. The zero-order chi connectivity index (χ0) is 72.5. The van der Waals surface area contributed by atoms with Gasteiger partial charge in [0.1, 0.15) is 60.4 Å². The summed E-state index contributed by atoms with van der Waals surface area (Å²) in [6.45, 7) is 2.75. The van der Waals surface area contributed by atoms with Crippen molar-refractivity contribution in [3.05, 3.63) is 70.9 Å². The molecule has 3 saturated heterocycles. The van der Waals surface area contributed by atoms with Gasteiger partial charge >= 0.3 is 0 Å². The van der Waals surface area contributed by atoms with Gasteiger partial charge in [0, 0.05) is 81.0 Å². The van der Waals surface area contributed by atoms with Crippen LogP contribution in [-0.4, -0.2) is 204 Å². The van der Waals surface area contributed by atoms with Gasteiger partial charge < -0.3 is 102 Å². The van der Waals surface area contributed by atoms with Crippen molar-refractivity contribution in [3.63, 3.8) is 0 Å². The van der Waals surface area contributed by atoms with E-state index in [4.69, 9.17) is 40.3 Å². The summed E-state index contributed by atoms with van der Waals surface area (Å²) >= 11 is 6.22. The number of aromatic amines is 1. The number of amides is 14. The lowest BCUT2D eigenvalue weighted by Crippen LogP contribution is -2.61. The lowest BCUT2D eigenvalue weighted by molar-refractivity contribution is -0.142. The number of carbonyl (C=O) groups excluding carboxylic acids is 14. The Morgan fingerprint density at radius 1 is 0.606 bits per heavy atom. The number of fused-ring (bicyclic) bond motifs is 5. The van der Waals surface area contributed by atoms with Crippen LogP contribution in [0.2, 0.25) is 5.02 Å². The number of carbonyl (C=O) groups is 14. The Bertz CT molecular complexity index is 3500. The largest absolute Gasteiger partial charge is 0.370 e. The molecule has 3 aromatic rings. The number of primary amides is 1. The maximum Gasteiger partial charge on any atom is 0.245 e. The minimum absolute atomic E-state index is 0.0104. The number of hydrogen-bond acceptors (Lipinski definition) is 16. The Morgan fingerprint density at radius 2 is 1.19 bits per heavy atom. The molecule has 14 amide bonds. The van der Waals surface area contributed by atoms with Gasteiger partial charge in [0.2, 0.25) is 82.7 Å². The molecule has 2 aromatic carbocycles. The summed E-state index contributed by atoms with van der Waals surface area (Å²) in [5.74, 6) is -14.1. The van der Waals surface area contributed by atoms with E-state index in [0.29, 0.717) is 27.1 Å². The molecular weight excluding hydrogens is 1310 g/mol. The zero-order valence-corrected chi connectivity index (χ0v) is 56.1. The van der Waals surface area contributed by atoms with Gasteiger partial charge in [0.05, 0.1) is 13.0 Å². The maximum absolute atomic E-state index is 15.3. The molecule has 1 aromatic heterocycles. The molecule has 23 N–H and O–H groups in total. The molecule has 0 saturated carbocycles. The van der Waals surface area contributed by atoms with Crippen LogP contribution in [0.15, 0.2) is 64.7 Å². The average molecular weight is 1400 g/mol. The highest BCUT2D eigenvalue weighted by Crippen LogP contribution is 2.23. The van der Waals surface area contributed by atoms with Crippen molar-refractivity contribution in [2.24, 2.45) is 44.6 Å². The Kier molecular flexibility index (Phi) is 29.5. The molecule has 3 aliphatic heterocycles. The summed E-state index contributed by atoms with van der Waals surface area (Å²) in [6, 6.07) is -2.65. The average Bonchev–Trinajstić information content (AvgIpc) is 1.74. The summed E-state index contributed by atoms with van der Waals surface area (Å²) in [6.07, 6.45) is -1.15. The van der Waals surface area contributed by atoms with Gasteiger partial charge in [-0.2, -0.15) is 0 Å². The quantitative estimate of drug-likeness (QED) is 0.0361. The summed E-state index contributed by atoms with van der Waals surface area (Å²) in [5, 5.41) is 31.8. The molecule has 3 fully saturated rings. The molecule has 2 bridgehead atoms. The van der Waals surface area contributed by atoms with Gasteiger partial charge in [-0.05, 0) is 93.0 Å². The fourth-order valence-corrected chi connectivity index (χ4v) is 11.5. The molecule has 4 heterocycles. The number of nitrogens with two attached hydrogens (primary N) is 5. The minimum Gasteiger partial charge on any atom is -0.370 e. The predicted molar refractivity (Wildman–Crippen MR) is 361 cm³/mol. The smallest absolute Gasteiger partial charge is 0.245 e. The molecule has 0 spiro atoms. The van der Waals surface area contributed by atoms with E-state index >= 15 is 14.4 Å². The molecule has 0 radical (unpaired) electrons. The number of hydrogen-bond donors (Lipinski definition) is 18. The number of nitrogens with zero attached hydrogens (tertiary/aromatic N) is 3. The lowest BCUT2D eigenvalue weighted by Gasteiger charge is -2.31. The number of guanidine groups is 2. The molecule has 99 heavy (non-hydrogen) atoms. The van der Waals surface area contributed by atoms with Crippen LogP contribution < -0.4 is 92.5 Å². The minimum atomic E-state index is -2.04. The van der Waals surface area contributed by atoms with Gasteiger partial charge in [-0.1, -0.05) is 55.8 Å².